The van der Waals surface area contributed by atoms with Crippen LogP contribution in [-0.2, 0) is 31.4 Å². The number of carbonyl (C=O) groups excluding carboxylic acids is 1. The molecule has 1 N–H and O–H groups in total. The van der Waals surface area contributed by atoms with Crippen molar-refractivity contribution >= 4 is 22.4 Å². The molecule has 128 valence electrons. The molecule has 0 spiro atoms. The van der Waals surface area contributed by atoms with Crippen molar-refractivity contribution in [2.45, 2.75) is 39.8 Å². The normalized spacial score (nSPS) is 14.0. The predicted molar refractivity (Wildman–Crippen MR) is 90.9 cm³/mol. The summed E-state index contributed by atoms with van der Waals surface area (Å²) in [4.78, 5) is 30.8. The standard InChI is InChI=1S/C15H20N6O2S/c1-4-13-18-19-15(24-13)17-12(22)5-6-21-7-10-11(8-21)16-9(2)20(3)14(10)23/h4-8H2,1-3H3,(H,17,19,22). The molecule has 1 aliphatic rings. The van der Waals surface area contributed by atoms with Crippen molar-refractivity contribution in [3.63, 3.8) is 0 Å². The third-order valence-corrected chi connectivity index (χ3v) is 5.10. The molecule has 0 atom stereocenters. The molecule has 0 bridgehead atoms. The minimum absolute atomic E-state index is 0.00501. The van der Waals surface area contributed by atoms with Crippen molar-refractivity contribution in [1.29, 1.82) is 0 Å². The number of hydrogen-bond acceptors (Lipinski definition) is 7. The highest BCUT2D eigenvalue weighted by molar-refractivity contribution is 7.15. The monoisotopic (exact) mass is 348 g/mol. The summed E-state index contributed by atoms with van der Waals surface area (Å²) in [5, 5.41) is 12.1. The van der Waals surface area contributed by atoms with Gasteiger partial charge in [0.2, 0.25) is 11.0 Å². The van der Waals surface area contributed by atoms with Gasteiger partial charge in [-0.15, -0.1) is 10.2 Å². The second-order valence-corrected chi connectivity index (χ2v) is 6.87. The highest BCUT2D eigenvalue weighted by atomic mass is 32.1. The molecule has 24 heavy (non-hydrogen) atoms. The molecule has 1 amide bonds. The molecule has 3 rings (SSSR count). The molecular weight excluding hydrogens is 328 g/mol. The van der Waals surface area contributed by atoms with Gasteiger partial charge in [-0.25, -0.2) is 4.98 Å². The highest BCUT2D eigenvalue weighted by Gasteiger charge is 2.24. The van der Waals surface area contributed by atoms with Gasteiger partial charge in [-0.05, 0) is 13.3 Å². The van der Waals surface area contributed by atoms with Gasteiger partial charge < -0.3 is 5.32 Å². The lowest BCUT2D eigenvalue weighted by molar-refractivity contribution is -0.116. The molecule has 9 heteroatoms. The fourth-order valence-corrected chi connectivity index (χ4v) is 3.33. The summed E-state index contributed by atoms with van der Waals surface area (Å²) in [5.41, 5.74) is 1.57. The van der Waals surface area contributed by atoms with Crippen molar-refractivity contribution < 1.29 is 4.79 Å². The number of aromatic nitrogens is 4. The lowest BCUT2D eigenvalue weighted by Crippen LogP contribution is -2.26. The molecule has 0 fully saturated rings. The van der Waals surface area contributed by atoms with Crippen LogP contribution in [0, 0.1) is 6.92 Å². The average Bonchev–Trinajstić information content (AvgIpc) is 3.17. The number of rotatable bonds is 5. The average molecular weight is 348 g/mol. The zero-order valence-corrected chi connectivity index (χ0v) is 14.8. The molecular formula is C15H20N6O2S. The molecule has 3 heterocycles. The van der Waals surface area contributed by atoms with Gasteiger partial charge in [-0.2, -0.15) is 0 Å². The van der Waals surface area contributed by atoms with Gasteiger partial charge >= 0.3 is 0 Å². The van der Waals surface area contributed by atoms with E-state index in [0.717, 1.165) is 22.7 Å². The molecule has 0 aliphatic carbocycles. The summed E-state index contributed by atoms with van der Waals surface area (Å²) in [6.07, 6.45) is 1.15. The lowest BCUT2D eigenvalue weighted by Gasteiger charge is -2.13. The first-order chi connectivity index (χ1) is 11.5. The first kappa shape index (κ1) is 16.7. The smallest absolute Gasteiger partial charge is 0.258 e. The van der Waals surface area contributed by atoms with Gasteiger partial charge in [0.15, 0.2) is 0 Å². The van der Waals surface area contributed by atoms with Crippen LogP contribution in [-0.4, -0.2) is 37.1 Å². The Balaban J connectivity index is 1.55. The van der Waals surface area contributed by atoms with E-state index in [9.17, 15) is 9.59 Å². The Morgan fingerprint density at radius 3 is 2.83 bits per heavy atom. The zero-order valence-electron chi connectivity index (χ0n) is 14.0. The van der Waals surface area contributed by atoms with E-state index in [4.69, 9.17) is 0 Å². The van der Waals surface area contributed by atoms with Crippen LogP contribution in [0.3, 0.4) is 0 Å². The van der Waals surface area contributed by atoms with Crippen LogP contribution in [0.15, 0.2) is 4.79 Å². The molecule has 0 aromatic carbocycles. The Labute approximate surface area is 143 Å². The summed E-state index contributed by atoms with van der Waals surface area (Å²) < 4.78 is 1.57. The number of nitrogens with one attached hydrogen (secondary N) is 1. The number of nitrogens with zero attached hydrogens (tertiary/aromatic N) is 5. The predicted octanol–water partition coefficient (Wildman–Crippen LogP) is 0.847. The van der Waals surface area contributed by atoms with E-state index in [1.165, 1.54) is 11.3 Å². The number of aryl methyl sites for hydroxylation is 2. The zero-order chi connectivity index (χ0) is 17.3. The molecule has 0 unspecified atom stereocenters. The van der Waals surface area contributed by atoms with Crippen LogP contribution < -0.4 is 10.9 Å². The van der Waals surface area contributed by atoms with E-state index in [0.29, 0.717) is 37.0 Å². The molecule has 2 aromatic heterocycles. The van der Waals surface area contributed by atoms with E-state index >= 15 is 0 Å². The minimum Gasteiger partial charge on any atom is -0.300 e. The Bertz CT molecular complexity index is 828. The topological polar surface area (TPSA) is 93.0 Å². The second kappa shape index (κ2) is 6.78. The Hall–Kier alpha value is -2.13. The van der Waals surface area contributed by atoms with E-state index in [2.05, 4.69) is 25.4 Å². The molecule has 8 nitrogen and oxygen atoms in total. The van der Waals surface area contributed by atoms with Gasteiger partial charge in [0, 0.05) is 33.1 Å². The van der Waals surface area contributed by atoms with E-state index < -0.39 is 0 Å². The van der Waals surface area contributed by atoms with Crippen molar-refractivity contribution in [3.8, 4) is 0 Å². The van der Waals surface area contributed by atoms with Crippen LogP contribution in [0.25, 0.3) is 0 Å². The molecule has 2 aromatic rings. The highest BCUT2D eigenvalue weighted by Crippen LogP contribution is 2.19. The molecule has 0 radical (unpaired) electrons. The SMILES string of the molecule is CCc1nnc(NC(=O)CCN2Cc3nc(C)n(C)c(=O)c3C2)s1. The van der Waals surface area contributed by atoms with Crippen LogP contribution in [0.5, 0.6) is 0 Å². The number of carbonyl (C=O) groups is 1. The molecule has 0 saturated carbocycles. The van der Waals surface area contributed by atoms with Gasteiger partial charge in [-0.3, -0.25) is 19.1 Å². The van der Waals surface area contributed by atoms with Crippen molar-refractivity contribution in [2.75, 3.05) is 11.9 Å². The van der Waals surface area contributed by atoms with Crippen molar-refractivity contribution in [3.05, 3.63) is 32.4 Å². The number of fused-ring (bicyclic) bond motifs is 1. The first-order valence-electron chi connectivity index (χ1n) is 7.88. The van der Waals surface area contributed by atoms with E-state index in [1.807, 2.05) is 13.8 Å². The Morgan fingerprint density at radius 2 is 2.12 bits per heavy atom. The first-order valence-corrected chi connectivity index (χ1v) is 8.69. The van der Waals surface area contributed by atoms with Crippen molar-refractivity contribution in [1.82, 2.24) is 24.6 Å². The molecule has 1 aliphatic heterocycles. The van der Waals surface area contributed by atoms with Crippen LogP contribution in [0.4, 0.5) is 5.13 Å². The maximum Gasteiger partial charge on any atom is 0.258 e. The fourth-order valence-electron chi connectivity index (χ4n) is 2.64. The summed E-state index contributed by atoms with van der Waals surface area (Å²) in [5.74, 6) is 0.614. The maximum absolute atomic E-state index is 12.2. The van der Waals surface area contributed by atoms with Crippen molar-refractivity contribution in [2.24, 2.45) is 7.05 Å². The van der Waals surface area contributed by atoms with Gasteiger partial charge in [0.05, 0.1) is 11.3 Å². The summed E-state index contributed by atoms with van der Waals surface area (Å²) in [6.45, 7) is 5.55. The van der Waals surface area contributed by atoms with E-state index in [-0.39, 0.29) is 11.5 Å². The summed E-state index contributed by atoms with van der Waals surface area (Å²) in [7, 11) is 1.73. The lowest BCUT2D eigenvalue weighted by atomic mass is 10.2. The fraction of sp³-hybridized carbons (Fsp3) is 0.533. The number of anilines is 1. The minimum atomic E-state index is -0.0956. The van der Waals surface area contributed by atoms with Gasteiger partial charge in [-0.1, -0.05) is 18.3 Å². The quantitative estimate of drug-likeness (QED) is 0.861. The van der Waals surface area contributed by atoms with E-state index in [1.54, 1.807) is 11.6 Å². The van der Waals surface area contributed by atoms with Crippen LogP contribution >= 0.6 is 11.3 Å². The number of hydrogen-bond donors (Lipinski definition) is 1. The third kappa shape index (κ3) is 3.36. The Morgan fingerprint density at radius 1 is 1.33 bits per heavy atom. The third-order valence-electron chi connectivity index (χ3n) is 4.12. The maximum atomic E-state index is 12.2. The van der Waals surface area contributed by atoms with Gasteiger partial charge in [0.1, 0.15) is 10.8 Å². The molecule has 0 saturated heterocycles. The number of amides is 1. The Kier molecular flexibility index (Phi) is 4.72. The summed E-state index contributed by atoms with van der Waals surface area (Å²) in [6, 6.07) is 0. The summed E-state index contributed by atoms with van der Waals surface area (Å²) >= 11 is 1.39. The second-order valence-electron chi connectivity index (χ2n) is 5.81. The van der Waals surface area contributed by atoms with Gasteiger partial charge in [0.25, 0.3) is 5.56 Å². The van der Waals surface area contributed by atoms with Crippen LogP contribution in [0.1, 0.15) is 35.4 Å². The largest absolute Gasteiger partial charge is 0.300 e. The van der Waals surface area contributed by atoms with Crippen LogP contribution in [0.2, 0.25) is 0 Å².